The molecule has 0 rings (SSSR count). The molecular formula is C45H93NO9. The molecule has 332 valence electrons. The first-order valence-electron chi connectivity index (χ1n) is 20.4. The van der Waals surface area contributed by atoms with E-state index in [9.17, 15) is 5.11 Å². The van der Waals surface area contributed by atoms with Crippen LogP contribution in [0.2, 0.25) is 0 Å². The van der Waals surface area contributed by atoms with Gasteiger partial charge < -0.3 is 43.7 Å². The summed E-state index contributed by atoms with van der Waals surface area (Å²) in [6.45, 7) is 44.4. The van der Waals surface area contributed by atoms with Crippen LogP contribution in [0.15, 0.2) is 75.9 Å². The lowest BCUT2D eigenvalue weighted by Crippen LogP contribution is -2.29. The predicted octanol–water partition coefficient (Wildman–Crippen LogP) is 9.63. The lowest BCUT2D eigenvalue weighted by molar-refractivity contribution is -0.0808. The van der Waals surface area contributed by atoms with Gasteiger partial charge in [0.15, 0.2) is 6.29 Å². The van der Waals surface area contributed by atoms with Gasteiger partial charge in [0.05, 0.1) is 39.6 Å². The third-order valence-corrected chi connectivity index (χ3v) is 5.74. The number of nitrogens with one attached hydrogen (secondary N) is 1. The number of rotatable bonds is 31. The van der Waals surface area contributed by atoms with Crippen molar-refractivity contribution >= 4 is 0 Å². The summed E-state index contributed by atoms with van der Waals surface area (Å²) in [4.78, 5) is 0. The zero-order valence-corrected chi connectivity index (χ0v) is 37.3. The molecule has 0 fully saturated rings. The Bertz CT molecular complexity index is 597. The molecule has 0 aliphatic carbocycles. The Kier molecular flexibility index (Phi) is 94.5. The Hall–Kier alpha value is -1.96. The van der Waals surface area contributed by atoms with Gasteiger partial charge in [-0.05, 0) is 57.9 Å². The van der Waals surface area contributed by atoms with Crippen LogP contribution in [0.4, 0.5) is 0 Å². The van der Waals surface area contributed by atoms with E-state index in [2.05, 4.69) is 84.1 Å². The number of hydrogen-bond acceptors (Lipinski definition) is 10. The Morgan fingerprint density at radius 3 is 0.982 bits per heavy atom. The number of ether oxygens (including phenoxy) is 6. The van der Waals surface area contributed by atoms with Gasteiger partial charge in [-0.25, -0.2) is 0 Å². The number of methoxy groups -OCH3 is 1. The SMILES string of the molecule is C=CCOC.C=CCOCCC.C=CCOCCC.C=CCOCCC.C=CCOCCC.C=CCOCCC.CCCC(O)NCCCC[C@@H](C)C(O)O. The summed E-state index contributed by atoms with van der Waals surface area (Å²) in [5.41, 5.74) is 0. The average Bonchev–Trinajstić information content (AvgIpc) is 3.18. The maximum absolute atomic E-state index is 9.35. The highest BCUT2D eigenvalue weighted by atomic mass is 16.5. The largest absolute Gasteiger partial charge is 0.381 e. The van der Waals surface area contributed by atoms with E-state index in [1.807, 2.05) is 13.8 Å². The van der Waals surface area contributed by atoms with Crippen molar-refractivity contribution in [2.24, 2.45) is 5.92 Å². The minimum Gasteiger partial charge on any atom is -0.381 e. The number of hydrogen-bond donors (Lipinski definition) is 4. The molecule has 0 aliphatic heterocycles. The lowest BCUT2D eigenvalue weighted by atomic mass is 10.0. The van der Waals surface area contributed by atoms with Crippen LogP contribution in [0.5, 0.6) is 0 Å². The molecule has 0 spiro atoms. The molecule has 0 radical (unpaired) electrons. The molecule has 0 bridgehead atoms. The van der Waals surface area contributed by atoms with Crippen molar-refractivity contribution in [2.75, 3.05) is 86.3 Å². The maximum atomic E-state index is 9.35. The van der Waals surface area contributed by atoms with E-state index in [-0.39, 0.29) is 5.92 Å². The summed E-state index contributed by atoms with van der Waals surface area (Å²) in [5, 5.41) is 30.0. The summed E-state index contributed by atoms with van der Waals surface area (Å²) < 4.78 is 29.6. The third-order valence-electron chi connectivity index (χ3n) is 5.74. The fourth-order valence-corrected chi connectivity index (χ4v) is 3.06. The van der Waals surface area contributed by atoms with Crippen LogP contribution in [-0.2, 0) is 28.4 Å². The summed E-state index contributed by atoms with van der Waals surface area (Å²) in [6.07, 6.45) is 18.8. The maximum Gasteiger partial charge on any atom is 0.154 e. The molecule has 55 heavy (non-hydrogen) atoms. The second kappa shape index (κ2) is 76.7. The topological polar surface area (TPSA) is 128 Å². The van der Waals surface area contributed by atoms with E-state index >= 15 is 0 Å². The first kappa shape index (κ1) is 67.8. The van der Waals surface area contributed by atoms with E-state index in [0.717, 1.165) is 104 Å². The molecule has 0 saturated heterocycles. The first-order valence-corrected chi connectivity index (χ1v) is 20.4. The Morgan fingerprint density at radius 1 is 0.473 bits per heavy atom. The number of unbranched alkanes of at least 4 members (excludes halogenated alkanes) is 1. The number of aliphatic hydroxyl groups is 3. The highest BCUT2D eigenvalue weighted by Gasteiger charge is 2.09. The van der Waals surface area contributed by atoms with Crippen molar-refractivity contribution in [2.45, 2.75) is 125 Å². The van der Waals surface area contributed by atoms with Gasteiger partial charge in [0.25, 0.3) is 0 Å². The molecular weight excluding hydrogens is 698 g/mol. The minimum absolute atomic E-state index is 0.0643. The third kappa shape index (κ3) is 106. The molecule has 0 amide bonds. The monoisotopic (exact) mass is 792 g/mol. The molecule has 2 atom stereocenters. The summed E-state index contributed by atoms with van der Waals surface area (Å²) >= 11 is 0. The van der Waals surface area contributed by atoms with E-state index in [4.69, 9.17) is 33.9 Å². The van der Waals surface area contributed by atoms with Crippen LogP contribution >= 0.6 is 0 Å². The molecule has 1 unspecified atom stereocenters. The van der Waals surface area contributed by atoms with Crippen molar-refractivity contribution in [3.63, 3.8) is 0 Å². The van der Waals surface area contributed by atoms with E-state index in [1.54, 1.807) is 43.6 Å². The van der Waals surface area contributed by atoms with Gasteiger partial charge in [-0.15, -0.1) is 39.5 Å². The van der Waals surface area contributed by atoms with Crippen LogP contribution in [0, 0.1) is 5.92 Å². The number of aliphatic hydroxyl groups excluding tert-OH is 2. The Morgan fingerprint density at radius 2 is 0.782 bits per heavy atom. The standard InChI is InChI=1S/C11H25NO3.5C6H12O.C4H8O/c1-3-6-10(13)12-8-5-4-7-9(2)11(14)15;5*1-3-5-7-6-4-2;1-3-4-5-2/h9-15H,3-8H2,1-2H3;5*3H,1,4-6H2,2H3;3H,1,4H2,2H3/t9-,10?;;;;;;/m1....../s1. The van der Waals surface area contributed by atoms with E-state index in [1.165, 1.54) is 0 Å². The molecule has 0 aromatic heterocycles. The zero-order valence-electron chi connectivity index (χ0n) is 37.3. The van der Waals surface area contributed by atoms with Gasteiger partial charge in [0, 0.05) is 46.1 Å². The van der Waals surface area contributed by atoms with Crippen molar-refractivity contribution in [3.05, 3.63) is 75.9 Å². The first-order chi connectivity index (χ1) is 26.6. The molecule has 10 nitrogen and oxygen atoms in total. The second-order valence-electron chi connectivity index (χ2n) is 11.7. The molecule has 0 aliphatic rings. The Labute approximate surface area is 341 Å². The van der Waals surface area contributed by atoms with Crippen molar-refractivity contribution in [3.8, 4) is 0 Å². The fraction of sp³-hybridized carbons (Fsp3) is 0.733. The van der Waals surface area contributed by atoms with Gasteiger partial charge in [0.2, 0.25) is 0 Å². The molecule has 0 saturated carbocycles. The highest BCUT2D eigenvalue weighted by Crippen LogP contribution is 2.10. The van der Waals surface area contributed by atoms with Crippen molar-refractivity contribution < 1.29 is 43.7 Å². The van der Waals surface area contributed by atoms with Gasteiger partial charge in [0.1, 0.15) is 6.23 Å². The predicted molar refractivity (Wildman–Crippen MR) is 239 cm³/mol. The summed E-state index contributed by atoms with van der Waals surface area (Å²) in [7, 11) is 1.64. The second-order valence-corrected chi connectivity index (χ2v) is 11.7. The van der Waals surface area contributed by atoms with Crippen molar-refractivity contribution in [1.29, 1.82) is 0 Å². The molecule has 4 N–H and O–H groups in total. The summed E-state index contributed by atoms with van der Waals surface area (Å²) in [5.74, 6) is -0.0643. The van der Waals surface area contributed by atoms with E-state index in [0.29, 0.717) is 39.6 Å². The van der Waals surface area contributed by atoms with Crippen LogP contribution in [-0.4, -0.2) is 114 Å². The van der Waals surface area contributed by atoms with Gasteiger partial charge >= 0.3 is 0 Å². The zero-order chi connectivity index (χ0) is 43.5. The quantitative estimate of drug-likeness (QED) is 0.0306. The van der Waals surface area contributed by atoms with Crippen LogP contribution in [0.25, 0.3) is 0 Å². The molecule has 10 heteroatoms. The van der Waals surface area contributed by atoms with Gasteiger partial charge in [-0.2, -0.15) is 0 Å². The van der Waals surface area contributed by atoms with Crippen LogP contribution < -0.4 is 5.32 Å². The lowest BCUT2D eigenvalue weighted by Gasteiger charge is -2.14. The smallest absolute Gasteiger partial charge is 0.154 e. The molecule has 0 heterocycles. The fourth-order valence-electron chi connectivity index (χ4n) is 3.06. The van der Waals surface area contributed by atoms with Gasteiger partial charge in [-0.1, -0.05) is 97.8 Å². The minimum atomic E-state index is -1.20. The average molecular weight is 792 g/mol. The van der Waals surface area contributed by atoms with E-state index < -0.39 is 12.5 Å². The normalized spacial score (nSPS) is 10.5. The van der Waals surface area contributed by atoms with Gasteiger partial charge in [-0.3, -0.25) is 5.32 Å². The van der Waals surface area contributed by atoms with Crippen molar-refractivity contribution in [1.82, 2.24) is 5.32 Å². The van der Waals surface area contributed by atoms with Crippen LogP contribution in [0.3, 0.4) is 0 Å². The molecule has 0 aromatic rings. The Balaban J connectivity index is -0.000000101. The summed E-state index contributed by atoms with van der Waals surface area (Å²) in [6, 6.07) is 0. The van der Waals surface area contributed by atoms with Crippen LogP contribution in [0.1, 0.15) is 113 Å². The highest BCUT2D eigenvalue weighted by molar-refractivity contribution is 4.65. The molecule has 0 aromatic carbocycles.